The number of halogens is 2. The summed E-state index contributed by atoms with van der Waals surface area (Å²) in [6, 6.07) is 10.3. The van der Waals surface area contributed by atoms with Gasteiger partial charge in [0, 0.05) is 35.8 Å². The number of benzene rings is 2. The summed E-state index contributed by atoms with van der Waals surface area (Å²) in [7, 11) is 0. The lowest BCUT2D eigenvalue weighted by atomic mass is 9.94. The molecule has 1 heterocycles. The van der Waals surface area contributed by atoms with Gasteiger partial charge in [0.05, 0.1) is 6.04 Å². The predicted molar refractivity (Wildman–Crippen MR) is 99.7 cm³/mol. The molecule has 0 aromatic heterocycles. The fourth-order valence-corrected chi connectivity index (χ4v) is 3.49. The van der Waals surface area contributed by atoms with Gasteiger partial charge in [0.25, 0.3) is 0 Å². The van der Waals surface area contributed by atoms with Crippen molar-refractivity contribution in [3.63, 3.8) is 0 Å². The van der Waals surface area contributed by atoms with Gasteiger partial charge in [-0.25, -0.2) is 8.78 Å². The molecule has 1 fully saturated rings. The SMILES string of the molecule is C[C@H](NC(=O)C1CCN(c2ccc(C=O)cc2)CC1)c1c(F)cccc1F. The lowest BCUT2D eigenvalue weighted by Crippen LogP contribution is -2.41. The van der Waals surface area contributed by atoms with Gasteiger partial charge < -0.3 is 10.2 Å². The molecule has 1 aliphatic heterocycles. The molecule has 3 rings (SSSR count). The molecule has 1 atom stereocenters. The highest BCUT2D eigenvalue weighted by atomic mass is 19.1. The molecule has 0 aliphatic carbocycles. The van der Waals surface area contributed by atoms with Crippen LogP contribution in [0.1, 0.15) is 41.7 Å². The number of carbonyl (C=O) groups excluding carboxylic acids is 2. The van der Waals surface area contributed by atoms with E-state index >= 15 is 0 Å². The Kier molecular flexibility index (Phi) is 5.84. The van der Waals surface area contributed by atoms with Crippen molar-refractivity contribution in [1.29, 1.82) is 0 Å². The number of piperidine rings is 1. The zero-order chi connectivity index (χ0) is 19.4. The second-order valence-electron chi connectivity index (χ2n) is 6.84. The summed E-state index contributed by atoms with van der Waals surface area (Å²) in [6.45, 7) is 3.00. The molecular weight excluding hydrogens is 350 g/mol. The van der Waals surface area contributed by atoms with Crippen LogP contribution >= 0.6 is 0 Å². The Hall–Kier alpha value is -2.76. The van der Waals surface area contributed by atoms with Crippen LogP contribution in [0.15, 0.2) is 42.5 Å². The molecule has 4 nitrogen and oxygen atoms in total. The minimum atomic E-state index is -0.729. The molecule has 27 heavy (non-hydrogen) atoms. The molecule has 0 saturated carbocycles. The van der Waals surface area contributed by atoms with Crippen molar-refractivity contribution >= 4 is 17.9 Å². The summed E-state index contributed by atoms with van der Waals surface area (Å²) in [5, 5.41) is 2.74. The van der Waals surface area contributed by atoms with Crippen LogP contribution in [-0.2, 0) is 4.79 Å². The number of aldehydes is 1. The smallest absolute Gasteiger partial charge is 0.223 e. The van der Waals surface area contributed by atoms with E-state index in [0.29, 0.717) is 31.5 Å². The van der Waals surface area contributed by atoms with Gasteiger partial charge in [-0.05, 0) is 56.2 Å². The first-order valence-electron chi connectivity index (χ1n) is 9.04. The Morgan fingerprint density at radius 2 is 1.70 bits per heavy atom. The lowest BCUT2D eigenvalue weighted by molar-refractivity contribution is -0.126. The summed E-state index contributed by atoms with van der Waals surface area (Å²) in [6.07, 6.45) is 2.13. The van der Waals surface area contributed by atoms with Crippen molar-refractivity contribution in [2.75, 3.05) is 18.0 Å². The van der Waals surface area contributed by atoms with Crippen molar-refractivity contribution in [3.05, 3.63) is 65.2 Å². The molecule has 1 aliphatic rings. The van der Waals surface area contributed by atoms with Crippen molar-refractivity contribution < 1.29 is 18.4 Å². The zero-order valence-electron chi connectivity index (χ0n) is 15.1. The average molecular weight is 372 g/mol. The van der Waals surface area contributed by atoms with Crippen molar-refractivity contribution in [3.8, 4) is 0 Å². The number of rotatable bonds is 5. The summed E-state index contributed by atoms with van der Waals surface area (Å²) < 4.78 is 27.7. The van der Waals surface area contributed by atoms with Crippen LogP contribution in [0.5, 0.6) is 0 Å². The molecule has 2 aromatic carbocycles. The van der Waals surface area contributed by atoms with Gasteiger partial charge in [-0.15, -0.1) is 0 Å². The topological polar surface area (TPSA) is 49.4 Å². The first-order valence-corrected chi connectivity index (χ1v) is 9.04. The van der Waals surface area contributed by atoms with E-state index in [2.05, 4.69) is 10.2 Å². The number of hydrogen-bond donors (Lipinski definition) is 1. The lowest BCUT2D eigenvalue weighted by Gasteiger charge is -2.33. The number of amides is 1. The van der Waals surface area contributed by atoms with E-state index < -0.39 is 17.7 Å². The number of anilines is 1. The van der Waals surface area contributed by atoms with Crippen LogP contribution in [0.3, 0.4) is 0 Å². The van der Waals surface area contributed by atoms with E-state index in [0.717, 1.165) is 12.0 Å². The van der Waals surface area contributed by atoms with Gasteiger partial charge in [-0.1, -0.05) is 6.07 Å². The van der Waals surface area contributed by atoms with Crippen LogP contribution < -0.4 is 10.2 Å². The van der Waals surface area contributed by atoms with Crippen LogP contribution in [0.2, 0.25) is 0 Å². The van der Waals surface area contributed by atoms with Crippen LogP contribution in [0.25, 0.3) is 0 Å². The van der Waals surface area contributed by atoms with E-state index in [9.17, 15) is 18.4 Å². The number of carbonyl (C=O) groups is 2. The maximum Gasteiger partial charge on any atom is 0.223 e. The molecule has 2 aromatic rings. The third kappa shape index (κ3) is 4.32. The van der Waals surface area contributed by atoms with E-state index in [1.54, 1.807) is 19.1 Å². The first-order chi connectivity index (χ1) is 13.0. The standard InChI is InChI=1S/C21H22F2N2O2/c1-14(20-18(22)3-2-4-19(20)23)24-21(27)16-9-11-25(12-10-16)17-7-5-15(13-26)6-8-17/h2-8,13-14,16H,9-12H2,1H3,(H,24,27)/t14-/m0/s1. The van der Waals surface area contributed by atoms with E-state index in [-0.39, 0.29) is 17.4 Å². The summed E-state index contributed by atoms with van der Waals surface area (Å²) in [5.74, 6) is -1.68. The Balaban J connectivity index is 1.57. The maximum absolute atomic E-state index is 13.9. The average Bonchev–Trinajstić information content (AvgIpc) is 2.68. The second kappa shape index (κ2) is 8.29. The van der Waals surface area contributed by atoms with Gasteiger partial charge in [0.2, 0.25) is 5.91 Å². The molecular formula is C21H22F2N2O2. The van der Waals surface area contributed by atoms with Gasteiger partial charge in [0.15, 0.2) is 0 Å². The highest BCUT2D eigenvalue weighted by molar-refractivity contribution is 5.79. The monoisotopic (exact) mass is 372 g/mol. The minimum Gasteiger partial charge on any atom is -0.371 e. The Labute approximate surface area is 157 Å². The molecule has 0 unspecified atom stereocenters. The van der Waals surface area contributed by atoms with Crippen LogP contribution in [0.4, 0.5) is 14.5 Å². The summed E-state index contributed by atoms with van der Waals surface area (Å²) in [5.41, 5.74) is 1.53. The summed E-state index contributed by atoms with van der Waals surface area (Å²) in [4.78, 5) is 25.4. The highest BCUT2D eigenvalue weighted by Crippen LogP contribution is 2.25. The van der Waals surface area contributed by atoms with E-state index in [1.165, 1.54) is 18.2 Å². The molecule has 0 radical (unpaired) electrons. The molecule has 6 heteroatoms. The summed E-state index contributed by atoms with van der Waals surface area (Å²) >= 11 is 0. The Morgan fingerprint density at radius 3 is 2.26 bits per heavy atom. The van der Waals surface area contributed by atoms with Crippen molar-refractivity contribution in [2.45, 2.75) is 25.8 Å². The molecule has 142 valence electrons. The van der Waals surface area contributed by atoms with Crippen molar-refractivity contribution in [1.82, 2.24) is 5.32 Å². The van der Waals surface area contributed by atoms with Gasteiger partial charge in [0.1, 0.15) is 17.9 Å². The zero-order valence-corrected chi connectivity index (χ0v) is 15.1. The minimum absolute atomic E-state index is 0.112. The normalized spacial score (nSPS) is 16.0. The van der Waals surface area contributed by atoms with Crippen molar-refractivity contribution in [2.24, 2.45) is 5.92 Å². The van der Waals surface area contributed by atoms with E-state index in [1.807, 2.05) is 12.1 Å². The van der Waals surface area contributed by atoms with Gasteiger partial charge in [-0.3, -0.25) is 9.59 Å². The largest absolute Gasteiger partial charge is 0.371 e. The van der Waals surface area contributed by atoms with Crippen LogP contribution in [0, 0.1) is 17.6 Å². The molecule has 1 N–H and O–H groups in total. The molecule has 1 saturated heterocycles. The Bertz CT molecular complexity index is 795. The molecule has 0 spiro atoms. The first kappa shape index (κ1) is 19.0. The number of hydrogen-bond acceptors (Lipinski definition) is 3. The quantitative estimate of drug-likeness (QED) is 0.811. The number of nitrogens with one attached hydrogen (secondary N) is 1. The fourth-order valence-electron chi connectivity index (χ4n) is 3.49. The Morgan fingerprint density at radius 1 is 1.11 bits per heavy atom. The number of nitrogens with zero attached hydrogens (tertiary/aromatic N) is 1. The second-order valence-corrected chi connectivity index (χ2v) is 6.84. The highest BCUT2D eigenvalue weighted by Gasteiger charge is 2.27. The maximum atomic E-state index is 13.9. The van der Waals surface area contributed by atoms with Gasteiger partial charge in [-0.2, -0.15) is 0 Å². The fraction of sp³-hybridized carbons (Fsp3) is 0.333. The van der Waals surface area contributed by atoms with E-state index in [4.69, 9.17) is 0 Å². The third-order valence-electron chi connectivity index (χ3n) is 5.05. The third-order valence-corrected chi connectivity index (χ3v) is 5.05. The molecule has 0 bridgehead atoms. The van der Waals surface area contributed by atoms with Gasteiger partial charge >= 0.3 is 0 Å². The van der Waals surface area contributed by atoms with Crippen LogP contribution in [-0.4, -0.2) is 25.3 Å². The molecule has 1 amide bonds. The predicted octanol–water partition coefficient (Wildman–Crippen LogP) is 3.87.